The number of amides is 1. The molecule has 1 saturated heterocycles. The second-order valence-corrected chi connectivity index (χ2v) is 7.00. The quantitative estimate of drug-likeness (QED) is 0.799. The Morgan fingerprint density at radius 1 is 1.38 bits per heavy atom. The number of ether oxygens (including phenoxy) is 1. The summed E-state index contributed by atoms with van der Waals surface area (Å²) >= 11 is 1.61. The molecule has 1 atom stereocenters. The molecule has 0 spiro atoms. The number of hydrogen-bond acceptors (Lipinski definition) is 5. The third kappa shape index (κ3) is 4.79. The number of rotatable bonds is 8. The van der Waals surface area contributed by atoms with Crippen LogP contribution in [-0.2, 0) is 17.9 Å². The zero-order valence-electron chi connectivity index (χ0n) is 13.9. The first-order valence-electron chi connectivity index (χ1n) is 8.33. The normalized spacial score (nSPS) is 15.7. The molecule has 0 saturated carbocycles. The number of nitrogens with zero attached hydrogens (tertiary/aromatic N) is 2. The molecule has 24 heavy (non-hydrogen) atoms. The van der Waals surface area contributed by atoms with Gasteiger partial charge in [-0.05, 0) is 25.5 Å². The van der Waals surface area contributed by atoms with E-state index >= 15 is 0 Å². The minimum Gasteiger partial charge on any atom is -0.486 e. The van der Waals surface area contributed by atoms with Gasteiger partial charge in [0.25, 0.3) is 0 Å². The van der Waals surface area contributed by atoms with Crippen LogP contribution in [0.15, 0.2) is 35.7 Å². The van der Waals surface area contributed by atoms with Crippen LogP contribution < -0.4 is 10.1 Å². The van der Waals surface area contributed by atoms with E-state index in [0.29, 0.717) is 19.6 Å². The molecule has 1 aliphatic rings. The van der Waals surface area contributed by atoms with Crippen molar-refractivity contribution in [1.29, 1.82) is 0 Å². The minimum atomic E-state index is 0.262. The molecule has 1 N–H and O–H groups in total. The summed E-state index contributed by atoms with van der Waals surface area (Å²) in [5.41, 5.74) is 1.02. The average Bonchev–Trinajstić information content (AvgIpc) is 3.21. The fourth-order valence-electron chi connectivity index (χ4n) is 2.73. The Bertz CT molecular complexity index is 659. The monoisotopic (exact) mass is 345 g/mol. The molecular weight excluding hydrogens is 322 g/mol. The van der Waals surface area contributed by atoms with E-state index in [-0.39, 0.29) is 11.9 Å². The molecule has 1 aliphatic heterocycles. The SMILES string of the molecule is C[C@H](CN1CCCC1=O)NCc1csc(COc2ccccc2)n1. The van der Waals surface area contributed by atoms with Crippen LogP contribution in [0.4, 0.5) is 0 Å². The van der Waals surface area contributed by atoms with Crippen LogP contribution in [0.1, 0.15) is 30.5 Å². The van der Waals surface area contributed by atoms with Crippen LogP contribution >= 0.6 is 11.3 Å². The minimum absolute atomic E-state index is 0.262. The Labute approximate surface area is 146 Å². The molecule has 0 radical (unpaired) electrons. The van der Waals surface area contributed by atoms with E-state index in [9.17, 15) is 4.79 Å². The second-order valence-electron chi connectivity index (χ2n) is 6.06. The molecule has 1 aromatic heterocycles. The van der Waals surface area contributed by atoms with Crippen molar-refractivity contribution < 1.29 is 9.53 Å². The number of aromatic nitrogens is 1. The van der Waals surface area contributed by atoms with E-state index in [4.69, 9.17) is 4.74 Å². The molecule has 0 aliphatic carbocycles. The van der Waals surface area contributed by atoms with Crippen molar-refractivity contribution in [2.24, 2.45) is 0 Å². The first-order chi connectivity index (χ1) is 11.7. The summed E-state index contributed by atoms with van der Waals surface area (Å²) < 4.78 is 5.71. The van der Waals surface area contributed by atoms with Crippen molar-refractivity contribution in [1.82, 2.24) is 15.2 Å². The van der Waals surface area contributed by atoms with Crippen molar-refractivity contribution in [3.8, 4) is 5.75 Å². The molecule has 0 unspecified atom stereocenters. The average molecular weight is 345 g/mol. The van der Waals surface area contributed by atoms with E-state index in [2.05, 4.69) is 22.6 Å². The zero-order chi connectivity index (χ0) is 16.8. The predicted octanol–water partition coefficient (Wildman–Crippen LogP) is 2.82. The number of carbonyl (C=O) groups excluding carboxylic acids is 1. The maximum Gasteiger partial charge on any atom is 0.222 e. The summed E-state index contributed by atoms with van der Waals surface area (Å²) in [5.74, 6) is 1.13. The summed E-state index contributed by atoms with van der Waals surface area (Å²) in [6.07, 6.45) is 1.69. The van der Waals surface area contributed by atoms with Gasteiger partial charge >= 0.3 is 0 Å². The Morgan fingerprint density at radius 2 is 2.21 bits per heavy atom. The fraction of sp³-hybridized carbons (Fsp3) is 0.444. The van der Waals surface area contributed by atoms with Crippen LogP contribution in [0.5, 0.6) is 5.75 Å². The van der Waals surface area contributed by atoms with Crippen molar-refractivity contribution in [3.05, 3.63) is 46.4 Å². The smallest absolute Gasteiger partial charge is 0.222 e. The predicted molar refractivity (Wildman–Crippen MR) is 95.0 cm³/mol. The largest absolute Gasteiger partial charge is 0.486 e. The first-order valence-corrected chi connectivity index (χ1v) is 9.21. The van der Waals surface area contributed by atoms with E-state index in [1.807, 2.05) is 35.2 Å². The van der Waals surface area contributed by atoms with E-state index < -0.39 is 0 Å². The van der Waals surface area contributed by atoms with Crippen molar-refractivity contribution >= 4 is 17.2 Å². The lowest BCUT2D eigenvalue weighted by Gasteiger charge is -2.21. The zero-order valence-corrected chi connectivity index (χ0v) is 14.7. The molecule has 1 amide bonds. The summed E-state index contributed by atoms with van der Waals surface area (Å²) in [4.78, 5) is 18.2. The number of carbonyl (C=O) groups is 1. The number of benzene rings is 1. The fourth-order valence-corrected chi connectivity index (χ4v) is 3.43. The number of thiazole rings is 1. The van der Waals surface area contributed by atoms with Gasteiger partial charge in [-0.2, -0.15) is 0 Å². The van der Waals surface area contributed by atoms with E-state index in [1.54, 1.807) is 11.3 Å². The standard InChI is InChI=1S/C18H23N3O2S/c1-14(11-21-9-5-8-18(21)22)19-10-15-13-24-17(20-15)12-23-16-6-3-2-4-7-16/h2-4,6-7,13-14,19H,5,8-12H2,1H3/t14-/m1/s1. The summed E-state index contributed by atoms with van der Waals surface area (Å²) in [6, 6.07) is 10.0. The second kappa shape index (κ2) is 8.26. The molecule has 3 rings (SSSR count). The highest BCUT2D eigenvalue weighted by molar-refractivity contribution is 7.09. The van der Waals surface area contributed by atoms with Crippen LogP contribution in [0.25, 0.3) is 0 Å². The topological polar surface area (TPSA) is 54.5 Å². The van der Waals surface area contributed by atoms with Gasteiger partial charge < -0.3 is 15.0 Å². The summed E-state index contributed by atoms with van der Waals surface area (Å²) in [7, 11) is 0. The lowest BCUT2D eigenvalue weighted by Crippen LogP contribution is -2.39. The highest BCUT2D eigenvalue weighted by Gasteiger charge is 2.21. The van der Waals surface area contributed by atoms with Gasteiger partial charge in [0.2, 0.25) is 5.91 Å². The summed E-state index contributed by atoms with van der Waals surface area (Å²) in [5, 5.41) is 6.47. The van der Waals surface area contributed by atoms with Gasteiger partial charge in [-0.15, -0.1) is 11.3 Å². The first kappa shape index (κ1) is 16.9. The number of likely N-dealkylation sites (tertiary alicyclic amines) is 1. The number of nitrogens with one attached hydrogen (secondary N) is 1. The molecule has 2 heterocycles. The van der Waals surface area contributed by atoms with Gasteiger partial charge in [-0.3, -0.25) is 4.79 Å². The Morgan fingerprint density at radius 3 is 2.96 bits per heavy atom. The molecule has 5 nitrogen and oxygen atoms in total. The van der Waals surface area contributed by atoms with E-state index in [1.165, 1.54) is 0 Å². The molecule has 1 fully saturated rings. The number of hydrogen-bond donors (Lipinski definition) is 1. The van der Waals surface area contributed by atoms with Gasteiger partial charge in [0.1, 0.15) is 17.4 Å². The van der Waals surface area contributed by atoms with Crippen molar-refractivity contribution in [3.63, 3.8) is 0 Å². The maximum atomic E-state index is 11.6. The third-order valence-corrected chi connectivity index (χ3v) is 4.87. The Kier molecular flexibility index (Phi) is 5.82. The lowest BCUT2D eigenvalue weighted by molar-refractivity contribution is -0.127. The molecule has 1 aromatic carbocycles. The third-order valence-electron chi connectivity index (χ3n) is 4.00. The van der Waals surface area contributed by atoms with Gasteiger partial charge in [-0.1, -0.05) is 18.2 Å². The van der Waals surface area contributed by atoms with Crippen molar-refractivity contribution in [2.45, 2.75) is 39.0 Å². The molecule has 6 heteroatoms. The maximum absolute atomic E-state index is 11.6. The highest BCUT2D eigenvalue weighted by atomic mass is 32.1. The van der Waals surface area contributed by atoms with Crippen LogP contribution in [0.2, 0.25) is 0 Å². The number of para-hydroxylation sites is 1. The lowest BCUT2D eigenvalue weighted by atomic mass is 10.3. The van der Waals surface area contributed by atoms with Crippen LogP contribution in [0, 0.1) is 0 Å². The van der Waals surface area contributed by atoms with Gasteiger partial charge in [-0.25, -0.2) is 4.98 Å². The Hall–Kier alpha value is -1.92. The van der Waals surface area contributed by atoms with Gasteiger partial charge in [0, 0.05) is 37.5 Å². The van der Waals surface area contributed by atoms with Gasteiger partial charge in [0.05, 0.1) is 5.69 Å². The molecular formula is C18H23N3O2S. The van der Waals surface area contributed by atoms with Crippen LogP contribution in [-0.4, -0.2) is 34.9 Å². The highest BCUT2D eigenvalue weighted by Crippen LogP contribution is 2.15. The Balaban J connectivity index is 1.41. The molecule has 128 valence electrons. The van der Waals surface area contributed by atoms with Crippen LogP contribution in [0.3, 0.4) is 0 Å². The molecule has 0 bridgehead atoms. The van der Waals surface area contributed by atoms with Crippen molar-refractivity contribution in [2.75, 3.05) is 13.1 Å². The molecule has 2 aromatic rings. The van der Waals surface area contributed by atoms with E-state index in [0.717, 1.165) is 36.0 Å². The summed E-state index contributed by atoms with van der Waals surface area (Å²) in [6.45, 7) is 4.98. The van der Waals surface area contributed by atoms with Gasteiger partial charge in [0.15, 0.2) is 0 Å².